The molecule has 0 aliphatic carbocycles. The van der Waals surface area contributed by atoms with Crippen molar-refractivity contribution >= 4 is 44.9 Å². The quantitative estimate of drug-likeness (QED) is 0.430. The zero-order valence-electron chi connectivity index (χ0n) is 16.2. The number of H-pyrrole nitrogens is 1. The average molecular weight is 399 g/mol. The lowest BCUT2D eigenvalue weighted by molar-refractivity contribution is 0.0527. The van der Waals surface area contributed by atoms with Crippen molar-refractivity contribution in [3.63, 3.8) is 0 Å². The molecule has 3 aromatic rings. The van der Waals surface area contributed by atoms with Crippen LogP contribution in [-0.4, -0.2) is 30.1 Å². The van der Waals surface area contributed by atoms with E-state index in [1.165, 1.54) is 0 Å². The number of carbonyl (C=O) groups excluding carboxylic acids is 2. The van der Waals surface area contributed by atoms with E-state index in [-0.39, 0.29) is 18.8 Å². The largest absolute Gasteiger partial charge is 0.462 e. The van der Waals surface area contributed by atoms with E-state index in [1.54, 1.807) is 20.8 Å². The normalized spacial score (nSPS) is 11.3. The van der Waals surface area contributed by atoms with Gasteiger partial charge in [-0.2, -0.15) is 0 Å². The number of nitrogens with zero attached hydrogens (tertiary/aromatic N) is 2. The smallest absolute Gasteiger partial charge is 0.348 e. The van der Waals surface area contributed by atoms with Gasteiger partial charge in [0.15, 0.2) is 5.00 Å². The lowest BCUT2D eigenvalue weighted by Gasteiger charge is -2.03. The van der Waals surface area contributed by atoms with Crippen molar-refractivity contribution in [3.8, 4) is 0 Å². The van der Waals surface area contributed by atoms with Gasteiger partial charge in [-0.1, -0.05) is 18.2 Å². The van der Waals surface area contributed by atoms with Gasteiger partial charge in [-0.05, 0) is 39.3 Å². The van der Waals surface area contributed by atoms with Crippen molar-refractivity contribution in [1.82, 2.24) is 4.98 Å². The van der Waals surface area contributed by atoms with Gasteiger partial charge in [-0.15, -0.1) is 21.6 Å². The van der Waals surface area contributed by atoms with Gasteiger partial charge in [0, 0.05) is 16.6 Å². The first-order valence-electron chi connectivity index (χ1n) is 8.94. The summed E-state index contributed by atoms with van der Waals surface area (Å²) in [5, 5.41) is 9.93. The Hall–Kier alpha value is -3.00. The maximum Gasteiger partial charge on any atom is 0.348 e. The summed E-state index contributed by atoms with van der Waals surface area (Å²) in [4.78, 5) is 28.3. The van der Waals surface area contributed by atoms with Crippen LogP contribution >= 0.6 is 11.3 Å². The molecule has 0 amide bonds. The van der Waals surface area contributed by atoms with Crippen LogP contribution in [-0.2, 0) is 9.47 Å². The fraction of sp³-hybridized carbons (Fsp3) is 0.300. The molecule has 3 rings (SSSR count). The summed E-state index contributed by atoms with van der Waals surface area (Å²) in [5.41, 5.74) is 3.24. The molecule has 8 heteroatoms. The molecule has 2 aromatic heterocycles. The molecule has 1 aromatic carbocycles. The number of thiophene rings is 1. The summed E-state index contributed by atoms with van der Waals surface area (Å²) < 4.78 is 10.2. The minimum atomic E-state index is -0.531. The van der Waals surface area contributed by atoms with E-state index < -0.39 is 11.9 Å². The average Bonchev–Trinajstić information content (AvgIpc) is 3.16. The number of para-hydroxylation sites is 1. The molecule has 0 radical (unpaired) electrons. The molecule has 28 heavy (non-hydrogen) atoms. The summed E-state index contributed by atoms with van der Waals surface area (Å²) >= 11 is 1.08. The van der Waals surface area contributed by atoms with Crippen molar-refractivity contribution in [1.29, 1.82) is 0 Å². The van der Waals surface area contributed by atoms with Crippen molar-refractivity contribution in [2.45, 2.75) is 27.7 Å². The number of carbonyl (C=O) groups is 2. The molecule has 7 nitrogen and oxygen atoms in total. The topological polar surface area (TPSA) is 93.1 Å². The monoisotopic (exact) mass is 399 g/mol. The lowest BCUT2D eigenvalue weighted by Crippen LogP contribution is -2.08. The number of benzene rings is 1. The van der Waals surface area contributed by atoms with Crippen LogP contribution in [0, 0.1) is 13.8 Å². The van der Waals surface area contributed by atoms with Gasteiger partial charge >= 0.3 is 11.9 Å². The lowest BCUT2D eigenvalue weighted by atomic mass is 10.1. The first-order chi connectivity index (χ1) is 13.5. The highest BCUT2D eigenvalue weighted by molar-refractivity contribution is 7.18. The maximum atomic E-state index is 12.4. The van der Waals surface area contributed by atoms with E-state index in [9.17, 15) is 9.59 Å². The number of ether oxygens (including phenoxy) is 2. The number of hydrogen-bond donors (Lipinski definition) is 1. The Morgan fingerprint density at radius 2 is 1.71 bits per heavy atom. The molecule has 0 saturated heterocycles. The standard InChI is InChI=1S/C20H21N3O4S/c1-5-26-19(24)15-11(3)17(20(25)27-6-2)28-18(15)23-22-16-12(4)21-14-10-8-7-9-13(14)16/h7-10,21H,5-6H2,1-4H3. The third kappa shape index (κ3) is 3.68. The Morgan fingerprint density at radius 3 is 2.43 bits per heavy atom. The molecule has 0 spiro atoms. The van der Waals surface area contributed by atoms with Crippen LogP contribution in [0.1, 0.15) is 45.1 Å². The number of nitrogens with one attached hydrogen (secondary N) is 1. The van der Waals surface area contributed by atoms with Crippen LogP contribution < -0.4 is 0 Å². The molecular formula is C20H21N3O4S. The van der Waals surface area contributed by atoms with Crippen LogP contribution in [0.3, 0.4) is 0 Å². The zero-order chi connectivity index (χ0) is 20.3. The van der Waals surface area contributed by atoms with Gasteiger partial charge in [0.25, 0.3) is 0 Å². The molecule has 1 N–H and O–H groups in total. The summed E-state index contributed by atoms with van der Waals surface area (Å²) in [6, 6.07) is 7.77. The Morgan fingerprint density at radius 1 is 1.04 bits per heavy atom. The molecule has 0 aliphatic heterocycles. The van der Waals surface area contributed by atoms with E-state index in [4.69, 9.17) is 9.47 Å². The number of hydrogen-bond acceptors (Lipinski definition) is 7. The second kappa shape index (κ2) is 8.35. The number of aromatic nitrogens is 1. The number of aromatic amines is 1. The highest BCUT2D eigenvalue weighted by atomic mass is 32.1. The first kappa shape index (κ1) is 19.8. The second-order valence-electron chi connectivity index (χ2n) is 6.02. The Kier molecular flexibility index (Phi) is 5.89. The first-order valence-corrected chi connectivity index (χ1v) is 9.76. The third-order valence-corrected chi connectivity index (χ3v) is 5.33. The predicted octanol–water partition coefficient (Wildman–Crippen LogP) is 5.62. The van der Waals surface area contributed by atoms with Gasteiger partial charge in [0.2, 0.25) is 0 Å². The highest BCUT2D eigenvalue weighted by Crippen LogP contribution is 2.38. The summed E-state index contributed by atoms with van der Waals surface area (Å²) in [7, 11) is 0. The fourth-order valence-electron chi connectivity index (χ4n) is 2.89. The Balaban J connectivity index is 2.08. The number of fused-ring (bicyclic) bond motifs is 1. The van der Waals surface area contributed by atoms with Crippen LogP contribution in [0.15, 0.2) is 34.5 Å². The van der Waals surface area contributed by atoms with Gasteiger partial charge < -0.3 is 14.5 Å². The molecule has 0 fully saturated rings. The van der Waals surface area contributed by atoms with E-state index in [1.807, 2.05) is 31.2 Å². The highest BCUT2D eigenvalue weighted by Gasteiger charge is 2.26. The minimum Gasteiger partial charge on any atom is -0.462 e. The van der Waals surface area contributed by atoms with E-state index in [0.717, 1.165) is 27.9 Å². The fourth-order valence-corrected chi connectivity index (χ4v) is 3.90. The molecule has 146 valence electrons. The van der Waals surface area contributed by atoms with E-state index in [0.29, 0.717) is 21.1 Å². The maximum absolute atomic E-state index is 12.4. The predicted molar refractivity (Wildman–Crippen MR) is 108 cm³/mol. The SMILES string of the molecule is CCOC(=O)c1sc(N=Nc2c(C)[nH]c3ccccc23)c(C(=O)OCC)c1C. The summed E-state index contributed by atoms with van der Waals surface area (Å²) in [5.74, 6) is -1.02. The second-order valence-corrected chi connectivity index (χ2v) is 7.02. The van der Waals surface area contributed by atoms with Crippen LogP contribution in [0.2, 0.25) is 0 Å². The molecular weight excluding hydrogens is 378 g/mol. The van der Waals surface area contributed by atoms with Gasteiger partial charge in [0.1, 0.15) is 16.1 Å². The van der Waals surface area contributed by atoms with Crippen molar-refractivity contribution in [3.05, 3.63) is 46.0 Å². The molecule has 0 saturated carbocycles. The van der Waals surface area contributed by atoms with Gasteiger partial charge in [0.05, 0.1) is 13.2 Å². The molecule has 0 atom stereocenters. The van der Waals surface area contributed by atoms with Gasteiger partial charge in [-0.25, -0.2) is 9.59 Å². The summed E-state index contributed by atoms with van der Waals surface area (Å²) in [6.07, 6.45) is 0. The number of aryl methyl sites for hydroxylation is 1. The molecule has 2 heterocycles. The molecule has 0 unspecified atom stereocenters. The number of azo groups is 1. The van der Waals surface area contributed by atoms with E-state index in [2.05, 4.69) is 15.2 Å². The van der Waals surface area contributed by atoms with Crippen molar-refractivity contribution in [2.75, 3.05) is 13.2 Å². The molecule has 0 bridgehead atoms. The third-order valence-electron chi connectivity index (χ3n) is 4.17. The van der Waals surface area contributed by atoms with Crippen LogP contribution in [0.5, 0.6) is 0 Å². The Labute approximate surface area is 166 Å². The number of esters is 2. The Bertz CT molecular complexity index is 1070. The summed E-state index contributed by atoms with van der Waals surface area (Å²) in [6.45, 7) is 7.52. The van der Waals surface area contributed by atoms with Gasteiger partial charge in [-0.3, -0.25) is 0 Å². The van der Waals surface area contributed by atoms with Crippen LogP contribution in [0.25, 0.3) is 10.9 Å². The molecule has 0 aliphatic rings. The zero-order valence-corrected chi connectivity index (χ0v) is 17.0. The van der Waals surface area contributed by atoms with Crippen molar-refractivity contribution < 1.29 is 19.1 Å². The van der Waals surface area contributed by atoms with Crippen LogP contribution in [0.4, 0.5) is 10.7 Å². The minimum absolute atomic E-state index is 0.223. The number of rotatable bonds is 6. The van der Waals surface area contributed by atoms with E-state index >= 15 is 0 Å². The van der Waals surface area contributed by atoms with Crippen molar-refractivity contribution in [2.24, 2.45) is 10.2 Å².